The summed E-state index contributed by atoms with van der Waals surface area (Å²) in [6.45, 7) is 5.30. The van der Waals surface area contributed by atoms with Crippen LogP contribution in [0.4, 0.5) is 10.1 Å². The summed E-state index contributed by atoms with van der Waals surface area (Å²) in [6, 6.07) is 5.50. The lowest BCUT2D eigenvalue weighted by Gasteiger charge is -2.20. The van der Waals surface area contributed by atoms with Crippen LogP contribution in [0.25, 0.3) is 0 Å². The van der Waals surface area contributed by atoms with E-state index >= 15 is 0 Å². The van der Waals surface area contributed by atoms with Gasteiger partial charge in [0.05, 0.1) is 16.4 Å². The van der Waals surface area contributed by atoms with Crippen molar-refractivity contribution in [2.24, 2.45) is 0 Å². The minimum absolute atomic E-state index is 0.0491. The Bertz CT molecular complexity index is 987. The van der Waals surface area contributed by atoms with Crippen molar-refractivity contribution in [1.29, 1.82) is 0 Å². The summed E-state index contributed by atoms with van der Waals surface area (Å²) in [5.74, 6) is -3.11. The molecule has 2 N–H and O–H groups in total. The van der Waals surface area contributed by atoms with Crippen LogP contribution in [0, 0.1) is 15.9 Å². The number of carbonyl (C=O) groups is 2. The van der Waals surface area contributed by atoms with Crippen molar-refractivity contribution in [3.63, 3.8) is 0 Å². The van der Waals surface area contributed by atoms with Crippen molar-refractivity contribution in [3.8, 4) is 11.5 Å². The molecule has 0 atom stereocenters. The number of nitrogens with one attached hydrogen (secondary N) is 1. The number of amides is 1. The first-order valence-corrected chi connectivity index (χ1v) is 8.73. The molecule has 2 aromatic rings. The fourth-order valence-electron chi connectivity index (χ4n) is 2.37. The van der Waals surface area contributed by atoms with Gasteiger partial charge in [-0.1, -0.05) is 11.6 Å². The van der Waals surface area contributed by atoms with Gasteiger partial charge < -0.3 is 15.2 Å². The van der Waals surface area contributed by atoms with E-state index in [1.807, 2.05) is 0 Å². The molecule has 0 heterocycles. The lowest BCUT2D eigenvalue weighted by molar-refractivity contribution is -0.385. The Morgan fingerprint density at radius 1 is 1.24 bits per heavy atom. The molecular weight excluding hydrogens is 407 g/mol. The highest BCUT2D eigenvalue weighted by atomic mass is 35.5. The molecule has 8 nitrogen and oxygen atoms in total. The van der Waals surface area contributed by atoms with Crippen LogP contribution in [-0.2, 0) is 11.2 Å². The molecule has 0 saturated carbocycles. The van der Waals surface area contributed by atoms with Gasteiger partial charge in [0.2, 0.25) is 5.75 Å². The van der Waals surface area contributed by atoms with Gasteiger partial charge in [-0.25, -0.2) is 4.39 Å². The zero-order valence-electron chi connectivity index (χ0n) is 15.8. The van der Waals surface area contributed by atoms with Crippen LogP contribution in [-0.4, -0.2) is 27.4 Å². The molecule has 0 unspecified atom stereocenters. The summed E-state index contributed by atoms with van der Waals surface area (Å²) in [5, 5.41) is 22.8. The monoisotopic (exact) mass is 424 g/mol. The Hall–Kier alpha value is -3.20. The molecule has 0 aliphatic rings. The third-order valence-corrected chi connectivity index (χ3v) is 3.86. The van der Waals surface area contributed by atoms with E-state index in [-0.39, 0.29) is 27.6 Å². The lowest BCUT2D eigenvalue weighted by Crippen LogP contribution is -2.40. The van der Waals surface area contributed by atoms with Gasteiger partial charge in [-0.05, 0) is 39.0 Å². The predicted octanol–water partition coefficient (Wildman–Crippen LogP) is 4.34. The minimum atomic E-state index is -1.24. The normalized spacial score (nSPS) is 11.1. The van der Waals surface area contributed by atoms with Crippen molar-refractivity contribution in [2.75, 3.05) is 0 Å². The topological polar surface area (TPSA) is 119 Å². The highest BCUT2D eigenvalue weighted by Crippen LogP contribution is 2.37. The van der Waals surface area contributed by atoms with Crippen molar-refractivity contribution >= 4 is 29.2 Å². The highest BCUT2D eigenvalue weighted by Gasteiger charge is 2.23. The van der Waals surface area contributed by atoms with Crippen LogP contribution in [0.3, 0.4) is 0 Å². The first-order chi connectivity index (χ1) is 13.4. The number of aliphatic carboxylic acids is 1. The molecule has 1 amide bonds. The number of carboxylic acids is 1. The summed E-state index contributed by atoms with van der Waals surface area (Å²) in [7, 11) is 0. The summed E-state index contributed by atoms with van der Waals surface area (Å²) < 4.78 is 19.5. The van der Waals surface area contributed by atoms with Crippen LogP contribution >= 0.6 is 11.6 Å². The molecule has 0 aromatic heterocycles. The average molecular weight is 425 g/mol. The molecule has 154 valence electrons. The van der Waals surface area contributed by atoms with Gasteiger partial charge in [-0.3, -0.25) is 19.7 Å². The first kappa shape index (κ1) is 22.1. The first-order valence-electron chi connectivity index (χ1n) is 8.36. The number of nitro benzene ring substituents is 1. The number of nitro groups is 1. The molecule has 10 heteroatoms. The Morgan fingerprint density at radius 3 is 2.45 bits per heavy atom. The van der Waals surface area contributed by atoms with Gasteiger partial charge in [0, 0.05) is 28.8 Å². The van der Waals surface area contributed by atoms with E-state index in [0.29, 0.717) is 0 Å². The molecule has 2 rings (SSSR count). The number of hydrogen-bond donors (Lipinski definition) is 2. The van der Waals surface area contributed by atoms with E-state index in [2.05, 4.69) is 5.32 Å². The Labute approximate surface area is 170 Å². The maximum absolute atomic E-state index is 14.1. The van der Waals surface area contributed by atoms with Gasteiger partial charge in [0.1, 0.15) is 11.6 Å². The molecule has 0 fully saturated rings. The zero-order valence-corrected chi connectivity index (χ0v) is 16.5. The third-order valence-electron chi connectivity index (χ3n) is 3.57. The summed E-state index contributed by atoms with van der Waals surface area (Å²) in [5.41, 5.74) is -1.16. The summed E-state index contributed by atoms with van der Waals surface area (Å²) >= 11 is 6.00. The number of benzene rings is 2. The molecule has 0 radical (unpaired) electrons. The van der Waals surface area contributed by atoms with Gasteiger partial charge in [0.15, 0.2) is 0 Å². The van der Waals surface area contributed by atoms with E-state index in [4.69, 9.17) is 21.4 Å². The van der Waals surface area contributed by atoms with Gasteiger partial charge in [0.25, 0.3) is 5.91 Å². The Morgan fingerprint density at radius 2 is 1.90 bits per heavy atom. The maximum atomic E-state index is 14.1. The number of carboxylic acid groups (broad SMARTS) is 1. The molecule has 2 aromatic carbocycles. The van der Waals surface area contributed by atoms with Gasteiger partial charge in [-0.15, -0.1) is 0 Å². The van der Waals surface area contributed by atoms with Gasteiger partial charge >= 0.3 is 11.7 Å². The molecule has 0 aliphatic carbocycles. The molecule has 29 heavy (non-hydrogen) atoms. The van der Waals surface area contributed by atoms with Crippen molar-refractivity contribution in [2.45, 2.75) is 32.7 Å². The minimum Gasteiger partial charge on any atom is -0.481 e. The highest BCUT2D eigenvalue weighted by molar-refractivity contribution is 6.32. The maximum Gasteiger partial charge on any atom is 0.312 e. The number of halogens is 2. The van der Waals surface area contributed by atoms with Crippen LogP contribution in [0.15, 0.2) is 30.3 Å². The molecule has 0 bridgehead atoms. The number of carbonyl (C=O) groups excluding carboxylic acids is 1. The third kappa shape index (κ3) is 5.89. The quantitative estimate of drug-likeness (QED) is 0.526. The fourth-order valence-corrected chi connectivity index (χ4v) is 2.59. The summed E-state index contributed by atoms with van der Waals surface area (Å²) in [6.07, 6.45) is -0.580. The van der Waals surface area contributed by atoms with E-state index < -0.39 is 40.3 Å². The summed E-state index contributed by atoms with van der Waals surface area (Å²) in [4.78, 5) is 33.7. The molecular formula is C19H18ClFN2O6. The van der Waals surface area contributed by atoms with Crippen molar-refractivity contribution in [1.82, 2.24) is 5.32 Å². The second kappa shape index (κ2) is 8.44. The standard InChI is InChI=1S/C19H18ClFN2O6/c1-19(2,3)22-18(26)10-4-5-15(14(7-10)23(27)28)29-16-9-13(21)11(6-12(16)20)8-17(24)25/h4-7,9H,8H2,1-3H3,(H,22,26)(H,24,25). The Balaban J connectivity index is 2.38. The van der Waals surface area contributed by atoms with Gasteiger partial charge in [-0.2, -0.15) is 0 Å². The fraction of sp³-hybridized carbons (Fsp3) is 0.263. The van der Waals surface area contributed by atoms with E-state index in [9.17, 15) is 24.1 Å². The smallest absolute Gasteiger partial charge is 0.312 e. The zero-order chi connectivity index (χ0) is 21.9. The van der Waals surface area contributed by atoms with Crippen LogP contribution < -0.4 is 10.1 Å². The Kier molecular flexibility index (Phi) is 6.43. The van der Waals surface area contributed by atoms with Crippen LogP contribution in [0.1, 0.15) is 36.7 Å². The predicted molar refractivity (Wildman–Crippen MR) is 103 cm³/mol. The van der Waals surface area contributed by atoms with E-state index in [0.717, 1.165) is 18.2 Å². The largest absolute Gasteiger partial charge is 0.481 e. The SMILES string of the molecule is CC(C)(C)NC(=O)c1ccc(Oc2cc(F)c(CC(=O)O)cc2Cl)c([N+](=O)[O-])c1. The van der Waals surface area contributed by atoms with E-state index in [1.54, 1.807) is 20.8 Å². The molecule has 0 aliphatic heterocycles. The lowest BCUT2D eigenvalue weighted by atomic mass is 10.1. The second-order valence-corrected chi connectivity index (χ2v) is 7.60. The molecule has 0 saturated heterocycles. The molecule has 0 spiro atoms. The number of ether oxygens (including phenoxy) is 1. The van der Waals surface area contributed by atoms with Crippen LogP contribution in [0.5, 0.6) is 11.5 Å². The van der Waals surface area contributed by atoms with Crippen molar-refractivity contribution in [3.05, 3.63) is 62.4 Å². The average Bonchev–Trinajstić information content (AvgIpc) is 2.57. The van der Waals surface area contributed by atoms with E-state index in [1.165, 1.54) is 12.1 Å². The second-order valence-electron chi connectivity index (χ2n) is 7.19. The number of rotatable bonds is 6. The number of hydrogen-bond acceptors (Lipinski definition) is 5. The number of nitrogens with zero attached hydrogens (tertiary/aromatic N) is 1. The van der Waals surface area contributed by atoms with Crippen LogP contribution in [0.2, 0.25) is 5.02 Å². The van der Waals surface area contributed by atoms with Crippen molar-refractivity contribution < 1.29 is 28.7 Å².